The highest BCUT2D eigenvalue weighted by Crippen LogP contribution is 2.26. The second kappa shape index (κ2) is 10.2. The fourth-order valence-corrected chi connectivity index (χ4v) is 4.80. The number of carbonyl (C=O) groups is 1. The Bertz CT molecular complexity index is 1250. The zero-order valence-electron chi connectivity index (χ0n) is 19.7. The number of carbonyl (C=O) groups excluding carboxylic acids is 1. The van der Waals surface area contributed by atoms with Gasteiger partial charge in [0.1, 0.15) is 5.75 Å². The third kappa shape index (κ3) is 5.43. The average Bonchev–Trinajstić information content (AvgIpc) is 2.80. The van der Waals surface area contributed by atoms with Crippen molar-refractivity contribution in [2.75, 3.05) is 19.5 Å². The summed E-state index contributed by atoms with van der Waals surface area (Å²) in [6.45, 7) is 5.96. The minimum Gasteiger partial charge on any atom is -0.496 e. The number of benzene rings is 3. The lowest BCUT2D eigenvalue weighted by molar-refractivity contribution is 0.102. The summed E-state index contributed by atoms with van der Waals surface area (Å²) in [5.41, 5.74) is 4.86. The van der Waals surface area contributed by atoms with E-state index in [4.69, 9.17) is 4.74 Å². The third-order valence-electron chi connectivity index (χ3n) is 5.64. The van der Waals surface area contributed by atoms with Crippen LogP contribution in [-0.2, 0) is 23.0 Å². The number of anilines is 1. The van der Waals surface area contributed by atoms with Gasteiger partial charge in [-0.2, -0.15) is 4.31 Å². The van der Waals surface area contributed by atoms with Crippen LogP contribution < -0.4 is 10.1 Å². The predicted molar refractivity (Wildman–Crippen MR) is 131 cm³/mol. The molecule has 0 aliphatic heterocycles. The monoisotopic (exact) mass is 466 g/mol. The van der Waals surface area contributed by atoms with Crippen molar-refractivity contribution in [2.45, 2.75) is 38.6 Å². The number of para-hydroxylation sites is 1. The van der Waals surface area contributed by atoms with Gasteiger partial charge in [-0.05, 0) is 61.7 Å². The zero-order valence-corrected chi connectivity index (χ0v) is 20.5. The first-order valence-electron chi connectivity index (χ1n) is 10.8. The van der Waals surface area contributed by atoms with Crippen LogP contribution >= 0.6 is 0 Å². The molecule has 33 heavy (non-hydrogen) atoms. The van der Waals surface area contributed by atoms with Gasteiger partial charge in [0.2, 0.25) is 10.0 Å². The Morgan fingerprint density at radius 1 is 1.00 bits per heavy atom. The fourth-order valence-electron chi connectivity index (χ4n) is 3.65. The maximum atomic E-state index is 13.0. The topological polar surface area (TPSA) is 75.7 Å². The van der Waals surface area contributed by atoms with E-state index in [1.165, 1.54) is 18.5 Å². The summed E-state index contributed by atoms with van der Waals surface area (Å²) in [5.74, 6) is 0.259. The van der Waals surface area contributed by atoms with Crippen LogP contribution in [-0.4, -0.2) is 32.8 Å². The van der Waals surface area contributed by atoms with Crippen molar-refractivity contribution in [3.63, 3.8) is 0 Å². The van der Waals surface area contributed by atoms with Gasteiger partial charge in [-0.25, -0.2) is 8.42 Å². The molecule has 6 nitrogen and oxygen atoms in total. The molecule has 0 saturated carbocycles. The standard InChI is InChI=1S/C26H30N2O4S/c1-6-20-9-7-8-19(3)25(20)27-26(29)21-12-15-24(32-5)22(16-21)17-28(4)33(30,31)23-13-10-18(2)11-14-23/h7-16H,6,17H2,1-5H3,(H,27,29). The lowest BCUT2D eigenvalue weighted by Crippen LogP contribution is -2.27. The number of sulfonamides is 1. The molecule has 0 atom stereocenters. The minimum atomic E-state index is -3.70. The minimum absolute atomic E-state index is 0.0606. The Morgan fingerprint density at radius 3 is 2.33 bits per heavy atom. The Kier molecular flexibility index (Phi) is 7.56. The molecule has 174 valence electrons. The Balaban J connectivity index is 1.88. The van der Waals surface area contributed by atoms with E-state index in [0.717, 1.165) is 28.8 Å². The van der Waals surface area contributed by atoms with Gasteiger partial charge in [-0.15, -0.1) is 0 Å². The maximum Gasteiger partial charge on any atom is 0.255 e. The predicted octanol–water partition coefficient (Wildman–Crippen LogP) is 4.95. The Labute approximate surface area is 196 Å². The maximum absolute atomic E-state index is 13.0. The van der Waals surface area contributed by atoms with Gasteiger partial charge in [0.05, 0.1) is 12.0 Å². The number of ether oxygens (including phenoxy) is 1. The van der Waals surface area contributed by atoms with Crippen molar-refractivity contribution in [3.8, 4) is 5.75 Å². The first kappa shape index (κ1) is 24.5. The zero-order chi connectivity index (χ0) is 24.2. The molecule has 0 aromatic heterocycles. The number of hydrogen-bond donors (Lipinski definition) is 1. The van der Waals surface area contributed by atoms with Crippen LogP contribution in [0.4, 0.5) is 5.69 Å². The van der Waals surface area contributed by atoms with E-state index in [9.17, 15) is 13.2 Å². The van der Waals surface area contributed by atoms with Crippen molar-refractivity contribution in [1.29, 1.82) is 0 Å². The highest BCUT2D eigenvalue weighted by atomic mass is 32.2. The molecule has 1 amide bonds. The van der Waals surface area contributed by atoms with E-state index in [1.54, 1.807) is 42.5 Å². The fraction of sp³-hybridized carbons (Fsp3) is 0.269. The quantitative estimate of drug-likeness (QED) is 0.510. The van der Waals surface area contributed by atoms with Crippen LogP contribution in [0.25, 0.3) is 0 Å². The van der Waals surface area contributed by atoms with E-state index in [2.05, 4.69) is 5.32 Å². The van der Waals surface area contributed by atoms with Gasteiger partial charge >= 0.3 is 0 Å². The van der Waals surface area contributed by atoms with Crippen LogP contribution in [0.1, 0.15) is 39.5 Å². The van der Waals surface area contributed by atoms with Crippen molar-refractivity contribution in [2.24, 2.45) is 0 Å². The van der Waals surface area contributed by atoms with Crippen LogP contribution in [0.3, 0.4) is 0 Å². The first-order chi connectivity index (χ1) is 15.7. The van der Waals surface area contributed by atoms with Gasteiger partial charge in [0, 0.05) is 30.4 Å². The molecule has 0 aliphatic carbocycles. The molecular weight excluding hydrogens is 436 g/mol. The highest BCUT2D eigenvalue weighted by molar-refractivity contribution is 7.89. The number of rotatable bonds is 8. The summed E-state index contributed by atoms with van der Waals surface area (Å²) in [4.78, 5) is 13.3. The van der Waals surface area contributed by atoms with E-state index < -0.39 is 10.0 Å². The first-order valence-corrected chi connectivity index (χ1v) is 12.2. The third-order valence-corrected chi connectivity index (χ3v) is 7.46. The molecule has 0 radical (unpaired) electrons. The molecule has 3 rings (SSSR count). The van der Waals surface area contributed by atoms with Crippen molar-refractivity contribution in [3.05, 3.63) is 88.5 Å². The summed E-state index contributed by atoms with van der Waals surface area (Å²) in [5, 5.41) is 3.01. The van der Waals surface area contributed by atoms with Crippen LogP contribution in [0, 0.1) is 13.8 Å². The number of amides is 1. The summed E-state index contributed by atoms with van der Waals surface area (Å²) in [7, 11) is -0.660. The van der Waals surface area contributed by atoms with Gasteiger partial charge in [-0.3, -0.25) is 4.79 Å². The molecule has 0 unspecified atom stereocenters. The summed E-state index contributed by atoms with van der Waals surface area (Å²) in [6, 6.07) is 17.7. The van der Waals surface area contributed by atoms with E-state index in [1.807, 2.05) is 39.0 Å². The summed E-state index contributed by atoms with van der Waals surface area (Å²) < 4.78 is 32.7. The van der Waals surface area contributed by atoms with Crippen LogP contribution in [0.5, 0.6) is 5.75 Å². The molecule has 0 fully saturated rings. The number of hydrogen-bond acceptors (Lipinski definition) is 4. The molecule has 0 aliphatic rings. The molecule has 0 heterocycles. The molecule has 3 aromatic carbocycles. The molecule has 0 saturated heterocycles. The second-order valence-corrected chi connectivity index (χ2v) is 10.1. The summed E-state index contributed by atoms with van der Waals surface area (Å²) >= 11 is 0. The number of nitrogens with one attached hydrogen (secondary N) is 1. The molecule has 0 bridgehead atoms. The van der Waals surface area contributed by atoms with Crippen LogP contribution in [0.15, 0.2) is 65.6 Å². The largest absolute Gasteiger partial charge is 0.496 e. The van der Waals surface area contributed by atoms with E-state index >= 15 is 0 Å². The SMILES string of the molecule is CCc1cccc(C)c1NC(=O)c1ccc(OC)c(CN(C)S(=O)(=O)c2ccc(C)cc2)c1. The molecule has 1 N–H and O–H groups in total. The van der Waals surface area contributed by atoms with Crippen LogP contribution in [0.2, 0.25) is 0 Å². The van der Waals surface area contributed by atoms with E-state index in [-0.39, 0.29) is 17.3 Å². The van der Waals surface area contributed by atoms with Crippen molar-refractivity contribution >= 4 is 21.6 Å². The second-order valence-electron chi connectivity index (χ2n) is 8.02. The Morgan fingerprint density at radius 2 is 1.70 bits per heavy atom. The normalized spacial score (nSPS) is 11.5. The molecular formula is C26H30N2O4S. The summed E-state index contributed by atoms with van der Waals surface area (Å²) in [6.07, 6.45) is 0.798. The molecule has 3 aromatic rings. The van der Waals surface area contributed by atoms with Crippen molar-refractivity contribution < 1.29 is 17.9 Å². The highest BCUT2D eigenvalue weighted by Gasteiger charge is 2.23. The van der Waals surface area contributed by atoms with E-state index in [0.29, 0.717) is 16.9 Å². The van der Waals surface area contributed by atoms with Gasteiger partial charge < -0.3 is 10.1 Å². The van der Waals surface area contributed by atoms with Gasteiger partial charge in [0.25, 0.3) is 5.91 Å². The lowest BCUT2D eigenvalue weighted by Gasteiger charge is -2.20. The van der Waals surface area contributed by atoms with Gasteiger partial charge in [0.15, 0.2) is 0 Å². The van der Waals surface area contributed by atoms with Gasteiger partial charge in [-0.1, -0.05) is 42.8 Å². The lowest BCUT2D eigenvalue weighted by atomic mass is 10.0. The number of aryl methyl sites for hydroxylation is 3. The average molecular weight is 467 g/mol. The molecule has 7 heteroatoms. The Hall–Kier alpha value is -3.16. The number of nitrogens with zero attached hydrogens (tertiary/aromatic N) is 1. The number of methoxy groups -OCH3 is 1. The molecule has 0 spiro atoms. The smallest absolute Gasteiger partial charge is 0.255 e. The van der Waals surface area contributed by atoms with Crippen molar-refractivity contribution in [1.82, 2.24) is 4.31 Å².